The second kappa shape index (κ2) is 8.66. The number of aromatic nitrogens is 3. The average Bonchev–Trinajstić information content (AvgIpc) is 2.67. The van der Waals surface area contributed by atoms with Gasteiger partial charge in [0.15, 0.2) is 5.82 Å². The van der Waals surface area contributed by atoms with E-state index in [1.165, 1.54) is 0 Å². The molecule has 7 heteroatoms. The van der Waals surface area contributed by atoms with Gasteiger partial charge in [-0.2, -0.15) is 15.2 Å². The van der Waals surface area contributed by atoms with E-state index >= 15 is 0 Å². The molecule has 27 heavy (non-hydrogen) atoms. The van der Waals surface area contributed by atoms with Gasteiger partial charge in [0.1, 0.15) is 5.69 Å². The first-order valence-electron chi connectivity index (χ1n) is 8.54. The van der Waals surface area contributed by atoms with Gasteiger partial charge in [-0.1, -0.05) is 48.5 Å². The van der Waals surface area contributed by atoms with Gasteiger partial charge in [0.05, 0.1) is 12.4 Å². The first kappa shape index (κ1) is 18.2. The molecule has 2 aromatic carbocycles. The van der Waals surface area contributed by atoms with Crippen molar-refractivity contribution < 1.29 is 0 Å². The minimum Gasteiger partial charge on any atom is -0.260 e. The Kier molecular flexibility index (Phi) is 5.84. The predicted molar refractivity (Wildman–Crippen MR) is 109 cm³/mol. The topological polar surface area (TPSA) is 87.5 Å². The normalized spacial score (nSPS) is 11.2. The molecule has 2 N–H and O–H groups in total. The lowest BCUT2D eigenvalue weighted by Gasteiger charge is -2.05. The summed E-state index contributed by atoms with van der Waals surface area (Å²) in [5, 5.41) is 16.5. The molecule has 0 amide bonds. The van der Waals surface area contributed by atoms with Crippen molar-refractivity contribution in [2.75, 3.05) is 10.9 Å². The van der Waals surface area contributed by atoms with E-state index in [4.69, 9.17) is 0 Å². The highest BCUT2D eigenvalue weighted by Gasteiger charge is 2.04. The third kappa shape index (κ3) is 4.94. The van der Waals surface area contributed by atoms with Gasteiger partial charge in [0.25, 0.3) is 5.95 Å². The van der Waals surface area contributed by atoms with E-state index in [0.29, 0.717) is 17.5 Å². The van der Waals surface area contributed by atoms with Crippen LogP contribution in [-0.2, 0) is 0 Å². The second-order valence-corrected chi connectivity index (χ2v) is 6.02. The fraction of sp³-hybridized carbons (Fsp3) is 0.150. The Morgan fingerprint density at radius 2 is 1.30 bits per heavy atom. The Morgan fingerprint density at radius 1 is 0.741 bits per heavy atom. The molecule has 7 nitrogen and oxygen atoms in total. The van der Waals surface area contributed by atoms with Crippen LogP contribution in [0.15, 0.2) is 58.7 Å². The number of nitrogens with zero attached hydrogens (tertiary/aromatic N) is 5. The molecular formula is C20H21N7. The van der Waals surface area contributed by atoms with Crippen LogP contribution in [0.2, 0.25) is 0 Å². The zero-order chi connectivity index (χ0) is 19.1. The van der Waals surface area contributed by atoms with Gasteiger partial charge in [0.2, 0.25) is 0 Å². The number of nitrogens with one attached hydrogen (secondary N) is 2. The van der Waals surface area contributed by atoms with Crippen molar-refractivity contribution in [3.05, 3.63) is 76.5 Å². The summed E-state index contributed by atoms with van der Waals surface area (Å²) in [6.07, 6.45) is 3.47. The minimum absolute atomic E-state index is 0.291. The van der Waals surface area contributed by atoms with Crippen molar-refractivity contribution in [3.63, 3.8) is 0 Å². The lowest BCUT2D eigenvalue weighted by molar-refractivity contribution is 0.922. The summed E-state index contributed by atoms with van der Waals surface area (Å²) in [7, 11) is 0. The molecule has 0 aliphatic rings. The summed E-state index contributed by atoms with van der Waals surface area (Å²) in [5.74, 6) is 0.808. The van der Waals surface area contributed by atoms with Crippen LogP contribution in [0, 0.1) is 20.8 Å². The number of hydrogen-bond donors (Lipinski definition) is 2. The molecule has 0 unspecified atom stereocenters. The maximum absolute atomic E-state index is 4.36. The predicted octanol–water partition coefficient (Wildman–Crippen LogP) is 3.69. The van der Waals surface area contributed by atoms with Gasteiger partial charge in [-0.05, 0) is 43.0 Å². The molecule has 0 saturated heterocycles. The molecule has 3 aromatic rings. The van der Waals surface area contributed by atoms with E-state index < -0.39 is 0 Å². The summed E-state index contributed by atoms with van der Waals surface area (Å²) >= 11 is 0. The van der Waals surface area contributed by atoms with Crippen LogP contribution in [0.5, 0.6) is 0 Å². The number of rotatable bonds is 6. The molecule has 1 aromatic heterocycles. The molecule has 3 rings (SSSR count). The van der Waals surface area contributed by atoms with Crippen molar-refractivity contribution in [3.8, 4) is 0 Å². The minimum atomic E-state index is 0.291. The first-order valence-corrected chi connectivity index (χ1v) is 8.54. The van der Waals surface area contributed by atoms with Crippen LogP contribution in [0.1, 0.15) is 27.9 Å². The van der Waals surface area contributed by atoms with Crippen LogP contribution < -0.4 is 10.9 Å². The Bertz CT molecular complexity index is 980. The molecule has 0 aliphatic heterocycles. The Hall–Kier alpha value is -3.61. The van der Waals surface area contributed by atoms with E-state index in [2.05, 4.69) is 36.2 Å². The standard InChI is InChI=1S/C20H21N7/c1-14-8-4-6-10-17(14)12-21-25-19-16(3)24-27-20(23-19)26-22-13-18-11-7-5-9-15(18)2/h4-13H,1-3H3,(H2,23,25,26,27)/b21-12+,22-13+. The second-order valence-electron chi connectivity index (χ2n) is 6.02. The summed E-state index contributed by atoms with van der Waals surface area (Å²) < 4.78 is 0. The third-order valence-electron chi connectivity index (χ3n) is 3.97. The molecule has 136 valence electrons. The molecule has 0 atom stereocenters. The molecule has 1 heterocycles. The maximum Gasteiger partial charge on any atom is 0.265 e. The number of benzene rings is 2. The molecule has 0 spiro atoms. The molecule has 0 bridgehead atoms. The van der Waals surface area contributed by atoms with E-state index in [-0.39, 0.29) is 0 Å². The molecule has 0 aliphatic carbocycles. The van der Waals surface area contributed by atoms with Crippen LogP contribution in [-0.4, -0.2) is 27.6 Å². The van der Waals surface area contributed by atoms with E-state index in [1.807, 2.05) is 69.3 Å². The Morgan fingerprint density at radius 3 is 1.89 bits per heavy atom. The van der Waals surface area contributed by atoms with Gasteiger partial charge in [-0.15, -0.1) is 10.2 Å². The van der Waals surface area contributed by atoms with Crippen molar-refractivity contribution >= 4 is 24.2 Å². The molecule has 0 saturated carbocycles. The Labute approximate surface area is 158 Å². The van der Waals surface area contributed by atoms with Gasteiger partial charge in [-0.25, -0.2) is 5.43 Å². The highest BCUT2D eigenvalue weighted by atomic mass is 15.4. The van der Waals surface area contributed by atoms with Crippen LogP contribution in [0.4, 0.5) is 11.8 Å². The molecule has 0 fully saturated rings. The quantitative estimate of drug-likeness (QED) is 0.518. The summed E-state index contributed by atoms with van der Waals surface area (Å²) in [4.78, 5) is 4.36. The molecular weight excluding hydrogens is 338 g/mol. The fourth-order valence-electron chi connectivity index (χ4n) is 2.32. The smallest absolute Gasteiger partial charge is 0.260 e. The summed E-state index contributed by atoms with van der Waals surface area (Å²) in [6, 6.07) is 16.0. The van der Waals surface area contributed by atoms with E-state index in [9.17, 15) is 0 Å². The zero-order valence-corrected chi connectivity index (χ0v) is 15.5. The lowest BCUT2D eigenvalue weighted by atomic mass is 10.1. The maximum atomic E-state index is 4.36. The Balaban J connectivity index is 1.67. The van der Waals surface area contributed by atoms with Crippen LogP contribution >= 0.6 is 0 Å². The monoisotopic (exact) mass is 359 g/mol. The van der Waals surface area contributed by atoms with Crippen LogP contribution in [0.3, 0.4) is 0 Å². The lowest BCUT2D eigenvalue weighted by Crippen LogP contribution is -2.05. The zero-order valence-electron chi connectivity index (χ0n) is 15.5. The summed E-state index contributed by atoms with van der Waals surface area (Å²) in [5.41, 5.74) is 10.7. The van der Waals surface area contributed by atoms with Gasteiger partial charge < -0.3 is 0 Å². The van der Waals surface area contributed by atoms with Crippen LogP contribution in [0.25, 0.3) is 0 Å². The average molecular weight is 359 g/mol. The SMILES string of the molecule is Cc1ccccc1/C=N/Nc1nnc(C)c(N/N=C/c2ccccc2C)n1. The first-order chi connectivity index (χ1) is 13.1. The number of anilines is 2. The van der Waals surface area contributed by atoms with Crippen molar-refractivity contribution in [1.82, 2.24) is 15.2 Å². The van der Waals surface area contributed by atoms with Gasteiger partial charge >= 0.3 is 0 Å². The van der Waals surface area contributed by atoms with E-state index in [0.717, 1.165) is 22.3 Å². The molecule has 0 radical (unpaired) electrons. The highest BCUT2D eigenvalue weighted by Crippen LogP contribution is 2.11. The van der Waals surface area contributed by atoms with Gasteiger partial charge in [0, 0.05) is 0 Å². The third-order valence-corrected chi connectivity index (χ3v) is 3.97. The largest absolute Gasteiger partial charge is 0.265 e. The van der Waals surface area contributed by atoms with Gasteiger partial charge in [-0.3, -0.25) is 5.43 Å². The number of aryl methyl sites for hydroxylation is 3. The fourth-order valence-corrected chi connectivity index (χ4v) is 2.32. The van der Waals surface area contributed by atoms with E-state index in [1.54, 1.807) is 12.4 Å². The number of hydrazone groups is 2. The van der Waals surface area contributed by atoms with Crippen molar-refractivity contribution in [2.45, 2.75) is 20.8 Å². The number of hydrogen-bond acceptors (Lipinski definition) is 7. The summed E-state index contributed by atoms with van der Waals surface area (Å²) in [6.45, 7) is 5.87. The van der Waals surface area contributed by atoms with Crippen molar-refractivity contribution in [2.24, 2.45) is 10.2 Å². The highest BCUT2D eigenvalue weighted by molar-refractivity contribution is 5.82. The van der Waals surface area contributed by atoms with Crippen molar-refractivity contribution in [1.29, 1.82) is 0 Å².